The van der Waals surface area contributed by atoms with E-state index in [1.54, 1.807) is 11.3 Å². The Kier molecular flexibility index (Phi) is 5.85. The summed E-state index contributed by atoms with van der Waals surface area (Å²) in [4.78, 5) is 15.4. The fourth-order valence-corrected chi connectivity index (χ4v) is 4.00. The number of rotatable bonds is 5. The average molecular weight is 345 g/mol. The van der Waals surface area contributed by atoms with Gasteiger partial charge in [0.15, 0.2) is 0 Å². The molecule has 0 bridgehead atoms. The van der Waals surface area contributed by atoms with Crippen molar-refractivity contribution in [3.05, 3.63) is 20.8 Å². The highest BCUT2D eigenvalue weighted by atomic mass is 79.9. The molecule has 2 heterocycles. The van der Waals surface area contributed by atoms with Crippen molar-refractivity contribution in [2.24, 2.45) is 5.92 Å². The molecular weight excluding hydrogens is 324 g/mol. The zero-order chi connectivity index (χ0) is 13.7. The second-order valence-electron chi connectivity index (χ2n) is 5.10. The number of carbonyl (C=O) groups is 1. The van der Waals surface area contributed by atoms with E-state index in [-0.39, 0.29) is 5.91 Å². The number of piperidine rings is 1. The van der Waals surface area contributed by atoms with Crippen LogP contribution in [-0.4, -0.2) is 37.5 Å². The van der Waals surface area contributed by atoms with Crippen molar-refractivity contribution in [3.8, 4) is 0 Å². The van der Waals surface area contributed by atoms with Crippen molar-refractivity contribution in [3.63, 3.8) is 0 Å². The summed E-state index contributed by atoms with van der Waals surface area (Å²) in [5.74, 6) is 1.06. The fourth-order valence-electron chi connectivity index (χ4n) is 2.53. The Morgan fingerprint density at radius 1 is 1.47 bits per heavy atom. The van der Waals surface area contributed by atoms with Gasteiger partial charge in [-0.1, -0.05) is 0 Å². The van der Waals surface area contributed by atoms with Crippen LogP contribution in [-0.2, 0) is 11.2 Å². The van der Waals surface area contributed by atoms with E-state index < -0.39 is 0 Å². The van der Waals surface area contributed by atoms with Crippen molar-refractivity contribution in [2.75, 3.05) is 26.7 Å². The molecule has 1 amide bonds. The van der Waals surface area contributed by atoms with Crippen LogP contribution in [0.3, 0.4) is 0 Å². The number of carbonyl (C=O) groups excluding carboxylic acids is 1. The molecule has 0 saturated carbocycles. The van der Waals surface area contributed by atoms with Crippen LogP contribution in [0.25, 0.3) is 0 Å². The van der Waals surface area contributed by atoms with Crippen LogP contribution in [0, 0.1) is 5.92 Å². The Labute approximate surface area is 127 Å². The van der Waals surface area contributed by atoms with Gasteiger partial charge in [-0.3, -0.25) is 4.79 Å². The van der Waals surface area contributed by atoms with Crippen molar-refractivity contribution < 1.29 is 4.79 Å². The molecular formula is C14H21BrN2OS. The van der Waals surface area contributed by atoms with Gasteiger partial charge in [-0.25, -0.2) is 0 Å². The molecule has 0 radical (unpaired) electrons. The summed E-state index contributed by atoms with van der Waals surface area (Å²) in [6, 6.07) is 4.05. The number of thiophene rings is 1. The van der Waals surface area contributed by atoms with E-state index in [1.807, 2.05) is 24.1 Å². The number of hydrogen-bond donors (Lipinski definition) is 1. The van der Waals surface area contributed by atoms with Crippen molar-refractivity contribution >= 4 is 33.2 Å². The normalized spacial score (nSPS) is 16.8. The molecule has 1 aromatic heterocycles. The smallest absolute Gasteiger partial charge is 0.227 e. The summed E-state index contributed by atoms with van der Waals surface area (Å²) in [6.45, 7) is 2.95. The third kappa shape index (κ3) is 4.58. The molecule has 106 valence electrons. The average Bonchev–Trinajstić information content (AvgIpc) is 2.82. The first-order valence-corrected chi connectivity index (χ1v) is 8.46. The second kappa shape index (κ2) is 7.41. The summed E-state index contributed by atoms with van der Waals surface area (Å²) in [5, 5.41) is 3.20. The van der Waals surface area contributed by atoms with E-state index in [0.29, 0.717) is 6.42 Å². The molecule has 0 aliphatic carbocycles. The standard InChI is InChI=1S/C14H21BrN2OS/c1-16-7-4-11-5-8-17(9-6-11)14(18)10-12-2-3-13(15)19-12/h2-3,11,16H,4-10H2,1H3. The predicted octanol–water partition coefficient (Wildman–Crippen LogP) is 2.90. The number of hydrogen-bond acceptors (Lipinski definition) is 3. The quantitative estimate of drug-likeness (QED) is 0.890. The van der Waals surface area contributed by atoms with E-state index in [0.717, 1.165) is 47.1 Å². The highest BCUT2D eigenvalue weighted by molar-refractivity contribution is 9.11. The van der Waals surface area contributed by atoms with Gasteiger partial charge in [-0.05, 0) is 66.8 Å². The van der Waals surface area contributed by atoms with Gasteiger partial charge in [0.2, 0.25) is 5.91 Å². The molecule has 3 nitrogen and oxygen atoms in total. The highest BCUT2D eigenvalue weighted by Crippen LogP contribution is 2.24. The lowest BCUT2D eigenvalue weighted by Gasteiger charge is -2.32. The summed E-state index contributed by atoms with van der Waals surface area (Å²) in [6.07, 6.45) is 4.09. The van der Waals surface area contributed by atoms with E-state index >= 15 is 0 Å². The van der Waals surface area contributed by atoms with Crippen LogP contribution >= 0.6 is 27.3 Å². The minimum absolute atomic E-state index is 0.279. The third-order valence-corrected chi connectivity index (χ3v) is 5.35. The van der Waals surface area contributed by atoms with Gasteiger partial charge in [-0.15, -0.1) is 11.3 Å². The van der Waals surface area contributed by atoms with Gasteiger partial charge < -0.3 is 10.2 Å². The van der Waals surface area contributed by atoms with Gasteiger partial charge in [-0.2, -0.15) is 0 Å². The van der Waals surface area contributed by atoms with E-state index in [2.05, 4.69) is 21.2 Å². The molecule has 0 unspecified atom stereocenters. The zero-order valence-corrected chi connectivity index (χ0v) is 13.7. The molecule has 1 saturated heterocycles. The number of nitrogens with one attached hydrogen (secondary N) is 1. The molecule has 2 rings (SSSR count). The van der Waals surface area contributed by atoms with Gasteiger partial charge in [0.1, 0.15) is 0 Å². The first-order valence-electron chi connectivity index (χ1n) is 6.85. The van der Waals surface area contributed by atoms with Crippen LogP contribution < -0.4 is 5.32 Å². The molecule has 1 aliphatic rings. The lowest BCUT2D eigenvalue weighted by molar-refractivity contribution is -0.131. The maximum absolute atomic E-state index is 12.2. The summed E-state index contributed by atoms with van der Waals surface area (Å²) in [5.41, 5.74) is 0. The summed E-state index contributed by atoms with van der Waals surface area (Å²) < 4.78 is 1.10. The van der Waals surface area contributed by atoms with Crippen molar-refractivity contribution in [1.29, 1.82) is 0 Å². The molecule has 5 heteroatoms. The molecule has 1 aliphatic heterocycles. The first-order chi connectivity index (χ1) is 9.19. The monoisotopic (exact) mass is 344 g/mol. The first kappa shape index (κ1) is 15.0. The van der Waals surface area contributed by atoms with E-state index in [9.17, 15) is 4.79 Å². The van der Waals surface area contributed by atoms with Crippen molar-refractivity contribution in [1.82, 2.24) is 10.2 Å². The summed E-state index contributed by atoms with van der Waals surface area (Å²) in [7, 11) is 2.00. The van der Waals surface area contributed by atoms with Gasteiger partial charge >= 0.3 is 0 Å². The number of amides is 1. The third-order valence-electron chi connectivity index (χ3n) is 3.72. The van der Waals surface area contributed by atoms with Crippen molar-refractivity contribution in [2.45, 2.75) is 25.7 Å². The molecule has 0 atom stereocenters. The second-order valence-corrected chi connectivity index (χ2v) is 7.65. The Balaban J connectivity index is 1.76. The summed E-state index contributed by atoms with van der Waals surface area (Å²) >= 11 is 5.09. The predicted molar refractivity (Wildman–Crippen MR) is 83.6 cm³/mol. The van der Waals surface area contributed by atoms with Crippen LogP contribution in [0.5, 0.6) is 0 Å². The van der Waals surface area contributed by atoms with Gasteiger partial charge in [0, 0.05) is 18.0 Å². The van der Waals surface area contributed by atoms with E-state index in [1.165, 1.54) is 6.42 Å². The number of halogens is 1. The SMILES string of the molecule is CNCCC1CCN(C(=O)Cc2ccc(Br)s2)CC1. The highest BCUT2D eigenvalue weighted by Gasteiger charge is 2.22. The molecule has 0 aromatic carbocycles. The Morgan fingerprint density at radius 2 is 2.21 bits per heavy atom. The van der Waals surface area contributed by atoms with Crippen LogP contribution in [0.15, 0.2) is 15.9 Å². The Hall–Kier alpha value is -0.390. The number of nitrogens with zero attached hydrogens (tertiary/aromatic N) is 1. The molecule has 1 aromatic rings. The number of likely N-dealkylation sites (tertiary alicyclic amines) is 1. The van der Waals surface area contributed by atoms with Gasteiger partial charge in [0.25, 0.3) is 0 Å². The minimum Gasteiger partial charge on any atom is -0.342 e. The lowest BCUT2D eigenvalue weighted by atomic mass is 9.93. The van der Waals surface area contributed by atoms with Crippen LogP contribution in [0.2, 0.25) is 0 Å². The topological polar surface area (TPSA) is 32.3 Å². The molecule has 1 N–H and O–H groups in total. The molecule has 19 heavy (non-hydrogen) atoms. The Morgan fingerprint density at radius 3 is 2.79 bits per heavy atom. The fraction of sp³-hybridized carbons (Fsp3) is 0.643. The van der Waals surface area contributed by atoms with Crippen LogP contribution in [0.4, 0.5) is 0 Å². The Bertz CT molecular complexity index is 413. The lowest BCUT2D eigenvalue weighted by Crippen LogP contribution is -2.39. The molecule has 0 spiro atoms. The maximum Gasteiger partial charge on any atom is 0.227 e. The zero-order valence-electron chi connectivity index (χ0n) is 11.3. The maximum atomic E-state index is 12.2. The molecule has 1 fully saturated rings. The van der Waals surface area contributed by atoms with Crippen LogP contribution in [0.1, 0.15) is 24.1 Å². The largest absolute Gasteiger partial charge is 0.342 e. The van der Waals surface area contributed by atoms with E-state index in [4.69, 9.17) is 0 Å². The minimum atomic E-state index is 0.279. The van der Waals surface area contributed by atoms with Gasteiger partial charge in [0.05, 0.1) is 10.2 Å².